The van der Waals surface area contributed by atoms with Crippen LogP contribution in [0.4, 0.5) is 5.69 Å². The molecule has 2 rings (SSSR count). The van der Waals surface area contributed by atoms with Crippen molar-refractivity contribution in [2.75, 3.05) is 19.1 Å². The first kappa shape index (κ1) is 15.5. The molecule has 1 heterocycles. The van der Waals surface area contributed by atoms with Gasteiger partial charge in [0.15, 0.2) is 0 Å². The quantitative estimate of drug-likeness (QED) is 0.798. The molecule has 114 valence electrons. The fraction of sp³-hybridized carbons (Fsp3) is 0.529. The smallest absolute Gasteiger partial charge is 0.231 e. The second-order valence-corrected chi connectivity index (χ2v) is 6.52. The highest BCUT2D eigenvalue weighted by Gasteiger charge is 2.61. The predicted octanol–water partition coefficient (Wildman–Crippen LogP) is 3.29. The minimum Gasteiger partial charge on any atom is -0.481 e. The predicted molar refractivity (Wildman–Crippen MR) is 84.4 cm³/mol. The van der Waals surface area contributed by atoms with E-state index in [-0.39, 0.29) is 17.2 Å². The molecular weight excluding hydrogens is 264 g/mol. The number of allylic oxidation sites excluding steroid dienone is 2. The molecule has 1 aliphatic carbocycles. The van der Waals surface area contributed by atoms with Crippen LogP contribution < -0.4 is 9.64 Å². The Hall–Kier alpha value is -1.84. The van der Waals surface area contributed by atoms with Gasteiger partial charge >= 0.3 is 0 Å². The summed E-state index contributed by atoms with van der Waals surface area (Å²) in [6.45, 7) is 8.46. The van der Waals surface area contributed by atoms with Gasteiger partial charge in [-0.3, -0.25) is 4.79 Å². The number of anilines is 1. The zero-order valence-corrected chi connectivity index (χ0v) is 13.7. The molecule has 0 saturated heterocycles. The van der Waals surface area contributed by atoms with Crippen LogP contribution in [0.5, 0.6) is 5.88 Å². The average molecular weight is 288 g/mol. The van der Waals surface area contributed by atoms with Gasteiger partial charge in [0.25, 0.3) is 0 Å². The molecule has 0 aliphatic heterocycles. The molecule has 0 aromatic carbocycles. The number of rotatable bonds is 4. The normalized spacial score (nSPS) is 22.4. The lowest BCUT2D eigenvalue weighted by Gasteiger charge is -2.18. The largest absolute Gasteiger partial charge is 0.481 e. The number of amides is 1. The second kappa shape index (κ2) is 5.51. The molecule has 1 aromatic rings. The van der Waals surface area contributed by atoms with Gasteiger partial charge in [0.2, 0.25) is 11.8 Å². The summed E-state index contributed by atoms with van der Waals surface area (Å²) in [4.78, 5) is 18.6. The maximum absolute atomic E-state index is 12.7. The van der Waals surface area contributed by atoms with Gasteiger partial charge in [-0.1, -0.05) is 25.5 Å². The third-order valence-corrected chi connectivity index (χ3v) is 4.34. The van der Waals surface area contributed by atoms with Gasteiger partial charge in [0.05, 0.1) is 24.9 Å². The second-order valence-electron chi connectivity index (χ2n) is 6.52. The molecule has 1 aliphatic rings. The van der Waals surface area contributed by atoms with Gasteiger partial charge in [-0.15, -0.1) is 0 Å². The van der Waals surface area contributed by atoms with Crippen molar-refractivity contribution in [1.82, 2.24) is 4.98 Å². The molecule has 0 N–H and O–H groups in total. The van der Waals surface area contributed by atoms with Crippen molar-refractivity contribution in [2.24, 2.45) is 17.3 Å². The first-order chi connectivity index (χ1) is 9.78. The summed E-state index contributed by atoms with van der Waals surface area (Å²) in [5, 5.41) is 0. The van der Waals surface area contributed by atoms with Crippen LogP contribution in [-0.2, 0) is 4.79 Å². The Morgan fingerprint density at radius 3 is 2.52 bits per heavy atom. The lowest BCUT2D eigenvalue weighted by atomic mass is 10.1. The Balaban J connectivity index is 2.14. The maximum atomic E-state index is 12.7. The summed E-state index contributed by atoms with van der Waals surface area (Å²) in [5.41, 5.74) is 2.08. The van der Waals surface area contributed by atoms with E-state index in [0.717, 1.165) is 5.69 Å². The van der Waals surface area contributed by atoms with Crippen LogP contribution in [0.1, 0.15) is 27.7 Å². The van der Waals surface area contributed by atoms with Crippen LogP contribution in [0.2, 0.25) is 0 Å². The summed E-state index contributed by atoms with van der Waals surface area (Å²) in [7, 11) is 3.38. The van der Waals surface area contributed by atoms with Crippen molar-refractivity contribution < 1.29 is 9.53 Å². The van der Waals surface area contributed by atoms with Gasteiger partial charge in [0, 0.05) is 13.1 Å². The fourth-order valence-corrected chi connectivity index (χ4v) is 2.85. The van der Waals surface area contributed by atoms with Crippen molar-refractivity contribution in [3.63, 3.8) is 0 Å². The van der Waals surface area contributed by atoms with Crippen molar-refractivity contribution in [1.29, 1.82) is 0 Å². The molecule has 4 nitrogen and oxygen atoms in total. The van der Waals surface area contributed by atoms with Gasteiger partial charge in [0.1, 0.15) is 0 Å². The monoisotopic (exact) mass is 288 g/mol. The first-order valence-corrected chi connectivity index (χ1v) is 7.21. The minimum atomic E-state index is 0.0303. The molecule has 0 radical (unpaired) electrons. The van der Waals surface area contributed by atoms with Crippen LogP contribution in [0.15, 0.2) is 30.0 Å². The third-order valence-electron chi connectivity index (χ3n) is 4.34. The Morgan fingerprint density at radius 2 is 2.05 bits per heavy atom. The highest BCUT2D eigenvalue weighted by molar-refractivity contribution is 5.97. The van der Waals surface area contributed by atoms with E-state index in [2.05, 4.69) is 38.8 Å². The van der Waals surface area contributed by atoms with E-state index in [9.17, 15) is 4.79 Å². The topological polar surface area (TPSA) is 42.4 Å². The summed E-state index contributed by atoms with van der Waals surface area (Å²) in [5.74, 6) is 1.06. The maximum Gasteiger partial charge on any atom is 0.231 e. The summed E-state index contributed by atoms with van der Waals surface area (Å²) in [6, 6.07) is 3.62. The van der Waals surface area contributed by atoms with E-state index in [1.165, 1.54) is 5.57 Å². The summed E-state index contributed by atoms with van der Waals surface area (Å²) < 4.78 is 5.04. The Bertz CT molecular complexity index is 557. The van der Waals surface area contributed by atoms with Crippen molar-refractivity contribution in [3.05, 3.63) is 30.0 Å². The molecule has 4 heteroatoms. The van der Waals surface area contributed by atoms with Crippen LogP contribution in [-0.4, -0.2) is 25.0 Å². The number of ether oxygens (including phenoxy) is 1. The first-order valence-electron chi connectivity index (χ1n) is 7.21. The van der Waals surface area contributed by atoms with Crippen LogP contribution in [0.25, 0.3) is 0 Å². The molecule has 1 fully saturated rings. The zero-order chi connectivity index (χ0) is 15.8. The number of nitrogens with zero attached hydrogens (tertiary/aromatic N) is 2. The number of hydrogen-bond acceptors (Lipinski definition) is 3. The molecule has 1 aromatic heterocycles. The molecule has 2 atom stereocenters. The van der Waals surface area contributed by atoms with Gasteiger partial charge in [-0.2, -0.15) is 0 Å². The van der Waals surface area contributed by atoms with Crippen molar-refractivity contribution in [3.8, 4) is 5.88 Å². The number of pyridine rings is 1. The van der Waals surface area contributed by atoms with Crippen LogP contribution in [0.3, 0.4) is 0 Å². The Morgan fingerprint density at radius 1 is 1.38 bits per heavy atom. The van der Waals surface area contributed by atoms with E-state index in [1.807, 2.05) is 6.07 Å². The molecule has 21 heavy (non-hydrogen) atoms. The lowest BCUT2D eigenvalue weighted by molar-refractivity contribution is -0.120. The number of methoxy groups -OCH3 is 1. The lowest BCUT2D eigenvalue weighted by Crippen LogP contribution is -2.29. The fourth-order valence-electron chi connectivity index (χ4n) is 2.85. The third kappa shape index (κ3) is 2.94. The van der Waals surface area contributed by atoms with Crippen LogP contribution >= 0.6 is 0 Å². The molecule has 0 spiro atoms. The van der Waals surface area contributed by atoms with Crippen LogP contribution in [0, 0.1) is 17.3 Å². The van der Waals surface area contributed by atoms with Gasteiger partial charge < -0.3 is 9.64 Å². The SMILES string of the molecule is COc1ccc(N(C)C(=O)[C@@H]2[C@H](C=C(C)C)C2(C)C)cn1. The van der Waals surface area contributed by atoms with E-state index in [0.29, 0.717) is 11.8 Å². The summed E-state index contributed by atoms with van der Waals surface area (Å²) in [6.07, 6.45) is 3.88. The molecule has 0 bridgehead atoms. The number of hydrogen-bond donors (Lipinski definition) is 0. The number of carbonyl (C=O) groups excluding carboxylic acids is 1. The van der Waals surface area contributed by atoms with Crippen molar-refractivity contribution >= 4 is 11.6 Å². The average Bonchev–Trinajstić information content (AvgIpc) is 2.97. The molecule has 1 amide bonds. The minimum absolute atomic E-state index is 0.0303. The standard InChI is InChI=1S/C17H24N2O2/c1-11(2)9-13-15(17(13,3)4)16(20)19(5)12-7-8-14(21-6)18-10-12/h7-10,13,15H,1-6H3/t13-,15-/m0/s1. The zero-order valence-electron chi connectivity index (χ0n) is 13.7. The highest BCUT2D eigenvalue weighted by Crippen LogP contribution is 2.60. The highest BCUT2D eigenvalue weighted by atomic mass is 16.5. The molecule has 1 saturated carbocycles. The Labute approximate surface area is 126 Å². The van der Waals surface area contributed by atoms with E-state index in [1.54, 1.807) is 31.3 Å². The van der Waals surface area contributed by atoms with Crippen molar-refractivity contribution in [2.45, 2.75) is 27.7 Å². The van der Waals surface area contributed by atoms with E-state index >= 15 is 0 Å². The number of carbonyl (C=O) groups is 1. The van der Waals surface area contributed by atoms with E-state index in [4.69, 9.17) is 4.74 Å². The van der Waals surface area contributed by atoms with Gasteiger partial charge in [-0.05, 0) is 31.2 Å². The molecule has 0 unspecified atom stereocenters. The van der Waals surface area contributed by atoms with Gasteiger partial charge in [-0.25, -0.2) is 4.98 Å². The number of aromatic nitrogens is 1. The Kier molecular flexibility index (Phi) is 4.08. The van der Waals surface area contributed by atoms with E-state index < -0.39 is 0 Å². The molecular formula is C17H24N2O2. The summed E-state index contributed by atoms with van der Waals surface area (Å²) >= 11 is 0.